The Bertz CT molecular complexity index is 544. The number of benzene rings is 1. The minimum atomic E-state index is -0.461. The van der Waals surface area contributed by atoms with Gasteiger partial charge < -0.3 is 14.5 Å². The lowest BCUT2D eigenvalue weighted by molar-refractivity contribution is -0.386. The summed E-state index contributed by atoms with van der Waals surface area (Å²) in [6.07, 6.45) is 5.70. The van der Waals surface area contributed by atoms with Crippen LogP contribution in [0.3, 0.4) is 0 Å². The van der Waals surface area contributed by atoms with E-state index < -0.39 is 4.92 Å². The Balaban J connectivity index is 3.00. The van der Waals surface area contributed by atoms with Gasteiger partial charge in [-0.15, -0.1) is 0 Å². The average molecular weight is 323 g/mol. The molecule has 0 spiro atoms. The van der Waals surface area contributed by atoms with Crippen LogP contribution in [0.15, 0.2) is 17.2 Å². The first kappa shape index (κ1) is 18.7. The molecule has 0 heterocycles. The van der Waals surface area contributed by atoms with Crippen LogP contribution >= 0.6 is 0 Å². The van der Waals surface area contributed by atoms with Gasteiger partial charge in [0, 0.05) is 25.7 Å². The molecule has 0 aliphatic carbocycles. The van der Waals surface area contributed by atoms with E-state index in [9.17, 15) is 10.1 Å². The number of nitro groups is 1. The topological polar surface area (TPSA) is 77.2 Å². The number of ether oxygens (including phenoxy) is 2. The van der Waals surface area contributed by atoms with Crippen LogP contribution < -0.4 is 9.47 Å². The Hall–Kier alpha value is -2.31. The summed E-state index contributed by atoms with van der Waals surface area (Å²) in [5, 5.41) is 17.0. The van der Waals surface area contributed by atoms with E-state index in [0.29, 0.717) is 17.9 Å². The van der Waals surface area contributed by atoms with Crippen molar-refractivity contribution in [2.24, 2.45) is 5.10 Å². The highest BCUT2D eigenvalue weighted by Crippen LogP contribution is 2.38. The molecule has 1 aromatic carbocycles. The first-order valence-corrected chi connectivity index (χ1v) is 7.70. The van der Waals surface area contributed by atoms with Crippen molar-refractivity contribution in [3.63, 3.8) is 0 Å². The zero-order valence-electron chi connectivity index (χ0n) is 14.2. The summed E-state index contributed by atoms with van der Waals surface area (Å²) >= 11 is 0. The highest BCUT2D eigenvalue weighted by Gasteiger charge is 2.22. The molecular weight excluding hydrogens is 298 g/mol. The smallest absolute Gasteiger partial charge is 0.315 e. The third-order valence-electron chi connectivity index (χ3n) is 3.16. The Morgan fingerprint density at radius 1 is 1.30 bits per heavy atom. The second kappa shape index (κ2) is 9.66. The lowest BCUT2D eigenvalue weighted by atomic mass is 10.1. The number of hydrogen-bond donors (Lipinski definition) is 0. The van der Waals surface area contributed by atoms with Crippen molar-refractivity contribution in [3.05, 3.63) is 27.8 Å². The zero-order valence-corrected chi connectivity index (χ0v) is 14.2. The molecule has 0 saturated carbocycles. The van der Waals surface area contributed by atoms with Crippen LogP contribution in [0.1, 0.15) is 38.2 Å². The molecule has 0 aliphatic rings. The predicted molar refractivity (Wildman–Crippen MR) is 90.6 cm³/mol. The molecule has 7 heteroatoms. The third kappa shape index (κ3) is 6.14. The number of hydrazone groups is 1. The van der Waals surface area contributed by atoms with Gasteiger partial charge in [-0.25, -0.2) is 0 Å². The minimum absolute atomic E-state index is 0.111. The van der Waals surface area contributed by atoms with Gasteiger partial charge in [0.1, 0.15) is 0 Å². The SMILES string of the molecule is CCCCCCOc1c(OC)cc(/C=N/N(C)C)cc1[N+](=O)[O-]. The van der Waals surface area contributed by atoms with E-state index >= 15 is 0 Å². The Labute approximate surface area is 137 Å². The van der Waals surface area contributed by atoms with E-state index in [1.807, 2.05) is 0 Å². The molecule has 7 nitrogen and oxygen atoms in total. The molecule has 0 amide bonds. The molecule has 0 unspecified atom stereocenters. The summed E-state index contributed by atoms with van der Waals surface area (Å²) in [5.74, 6) is 0.519. The molecule has 0 aromatic heterocycles. The van der Waals surface area contributed by atoms with Gasteiger partial charge in [-0.1, -0.05) is 26.2 Å². The maximum Gasteiger partial charge on any atom is 0.315 e. The molecule has 1 aromatic rings. The fraction of sp³-hybridized carbons (Fsp3) is 0.562. The van der Waals surface area contributed by atoms with Gasteiger partial charge >= 0.3 is 5.69 Å². The molecule has 0 saturated heterocycles. The zero-order chi connectivity index (χ0) is 17.2. The van der Waals surface area contributed by atoms with Crippen LogP contribution in [0.25, 0.3) is 0 Å². The van der Waals surface area contributed by atoms with Crippen molar-refractivity contribution in [2.45, 2.75) is 32.6 Å². The number of nitrogens with zero attached hydrogens (tertiary/aromatic N) is 3. The first-order valence-electron chi connectivity index (χ1n) is 7.70. The second-order valence-electron chi connectivity index (χ2n) is 5.33. The molecule has 0 atom stereocenters. The third-order valence-corrected chi connectivity index (χ3v) is 3.16. The number of rotatable bonds is 10. The molecule has 1 rings (SSSR count). The van der Waals surface area contributed by atoms with Crippen molar-refractivity contribution < 1.29 is 14.4 Å². The fourth-order valence-corrected chi connectivity index (χ4v) is 2.00. The molecule has 0 bridgehead atoms. The van der Waals surface area contributed by atoms with Crippen molar-refractivity contribution in [2.75, 3.05) is 27.8 Å². The van der Waals surface area contributed by atoms with Gasteiger partial charge in [-0.05, 0) is 12.5 Å². The van der Waals surface area contributed by atoms with E-state index in [2.05, 4.69) is 12.0 Å². The van der Waals surface area contributed by atoms with Crippen molar-refractivity contribution in [1.82, 2.24) is 5.01 Å². The lowest BCUT2D eigenvalue weighted by Crippen LogP contribution is -2.05. The van der Waals surface area contributed by atoms with Gasteiger partial charge in [-0.2, -0.15) is 5.10 Å². The average Bonchev–Trinajstić information content (AvgIpc) is 2.52. The normalized spacial score (nSPS) is 10.8. The van der Waals surface area contributed by atoms with Gasteiger partial charge in [0.15, 0.2) is 5.75 Å². The van der Waals surface area contributed by atoms with Crippen molar-refractivity contribution in [1.29, 1.82) is 0 Å². The molecule has 0 aliphatic heterocycles. The number of hydrogen-bond acceptors (Lipinski definition) is 6. The molecule has 0 N–H and O–H groups in total. The minimum Gasteiger partial charge on any atom is -0.493 e. The van der Waals surface area contributed by atoms with Crippen LogP contribution in [0.2, 0.25) is 0 Å². The van der Waals surface area contributed by atoms with Gasteiger partial charge in [0.2, 0.25) is 5.75 Å². The monoisotopic (exact) mass is 323 g/mol. The maximum atomic E-state index is 11.3. The van der Waals surface area contributed by atoms with E-state index in [4.69, 9.17) is 9.47 Å². The van der Waals surface area contributed by atoms with Crippen LogP contribution in [0.5, 0.6) is 11.5 Å². The number of nitro benzene ring substituents is 1. The number of methoxy groups -OCH3 is 1. The fourth-order valence-electron chi connectivity index (χ4n) is 2.00. The summed E-state index contributed by atoms with van der Waals surface area (Å²) in [4.78, 5) is 10.9. The first-order chi connectivity index (χ1) is 11.0. The molecule has 23 heavy (non-hydrogen) atoms. The van der Waals surface area contributed by atoms with Crippen LogP contribution in [-0.2, 0) is 0 Å². The van der Waals surface area contributed by atoms with E-state index in [1.165, 1.54) is 13.2 Å². The van der Waals surface area contributed by atoms with Crippen LogP contribution in [0.4, 0.5) is 5.69 Å². The maximum absolute atomic E-state index is 11.3. The van der Waals surface area contributed by atoms with E-state index in [-0.39, 0.29) is 11.4 Å². The Morgan fingerprint density at radius 3 is 2.61 bits per heavy atom. The summed E-state index contributed by atoms with van der Waals surface area (Å²) in [5.41, 5.74) is 0.473. The summed E-state index contributed by atoms with van der Waals surface area (Å²) in [6, 6.07) is 3.12. The highest BCUT2D eigenvalue weighted by atomic mass is 16.6. The van der Waals surface area contributed by atoms with Gasteiger partial charge in [0.25, 0.3) is 0 Å². The van der Waals surface area contributed by atoms with Gasteiger partial charge in [-0.3, -0.25) is 10.1 Å². The van der Waals surface area contributed by atoms with E-state index in [1.54, 1.807) is 31.4 Å². The van der Waals surface area contributed by atoms with E-state index in [0.717, 1.165) is 25.7 Å². The van der Waals surface area contributed by atoms with Crippen molar-refractivity contribution >= 4 is 11.9 Å². The largest absolute Gasteiger partial charge is 0.493 e. The standard InChI is InChI=1S/C16H25N3O4/c1-5-6-7-8-9-23-16-14(19(20)21)10-13(11-15(16)22-4)12-17-18(2)3/h10-12H,5-9H2,1-4H3/b17-12+. The van der Waals surface area contributed by atoms with Crippen LogP contribution in [0, 0.1) is 10.1 Å². The predicted octanol–water partition coefficient (Wildman–Crippen LogP) is 3.46. The molecule has 0 radical (unpaired) electrons. The summed E-state index contributed by atoms with van der Waals surface area (Å²) in [7, 11) is 5.02. The summed E-state index contributed by atoms with van der Waals surface area (Å²) < 4.78 is 10.9. The molecular formula is C16H25N3O4. The second-order valence-corrected chi connectivity index (χ2v) is 5.33. The van der Waals surface area contributed by atoms with Crippen molar-refractivity contribution in [3.8, 4) is 11.5 Å². The number of unbranched alkanes of at least 4 members (excludes halogenated alkanes) is 3. The Morgan fingerprint density at radius 2 is 2.04 bits per heavy atom. The quantitative estimate of drug-likeness (QED) is 0.285. The van der Waals surface area contributed by atoms with Crippen LogP contribution in [-0.4, -0.2) is 44.0 Å². The highest BCUT2D eigenvalue weighted by molar-refractivity contribution is 5.83. The van der Waals surface area contributed by atoms with Gasteiger partial charge in [0.05, 0.1) is 24.9 Å². The lowest BCUT2D eigenvalue weighted by Gasteiger charge is -2.12. The molecule has 128 valence electrons. The Kier molecular flexibility index (Phi) is 7.87. The summed E-state index contributed by atoms with van der Waals surface area (Å²) in [6.45, 7) is 2.56. The molecule has 0 fully saturated rings.